The van der Waals surface area contributed by atoms with Gasteiger partial charge in [-0.3, -0.25) is 0 Å². The van der Waals surface area contributed by atoms with Gasteiger partial charge in [-0.2, -0.15) is 0 Å². The first-order valence-corrected chi connectivity index (χ1v) is 19.2. The van der Waals surface area contributed by atoms with Crippen LogP contribution < -0.4 is 4.90 Å². The summed E-state index contributed by atoms with van der Waals surface area (Å²) >= 11 is 2.79. The van der Waals surface area contributed by atoms with Crippen molar-refractivity contribution in [3.8, 4) is 32.8 Å². The first-order valence-electron chi connectivity index (χ1n) is 23.5. The highest BCUT2D eigenvalue weighted by atomic mass is 32.1. The van der Waals surface area contributed by atoms with Crippen LogP contribution in [-0.4, -0.2) is 4.98 Å². The van der Waals surface area contributed by atoms with Crippen molar-refractivity contribution in [3.63, 3.8) is 0 Å². The average molecular weight is 749 g/mol. The van der Waals surface area contributed by atoms with Crippen LogP contribution in [0.15, 0.2) is 194 Å². The van der Waals surface area contributed by atoms with E-state index in [0.717, 1.165) is 57.9 Å². The zero-order chi connectivity index (χ0) is 46.7. The van der Waals surface area contributed by atoms with E-state index in [-0.39, 0.29) is 46.2 Å². The largest absolute Gasteiger partial charge is 0.308 e. The van der Waals surface area contributed by atoms with Crippen molar-refractivity contribution in [2.24, 2.45) is 0 Å². The van der Waals surface area contributed by atoms with Crippen molar-refractivity contribution in [3.05, 3.63) is 194 Å². The van der Waals surface area contributed by atoms with Crippen LogP contribution in [0.25, 0.3) is 84.8 Å². The number of thiazole rings is 1. The minimum Gasteiger partial charge on any atom is -0.308 e. The molecule has 0 aliphatic rings. The van der Waals surface area contributed by atoms with Gasteiger partial charge in [-0.1, -0.05) is 145 Å². The molecule has 11 rings (SSSR count). The molecule has 0 saturated carbocycles. The molecule has 0 fully saturated rings. The lowest BCUT2D eigenvalue weighted by atomic mass is 9.99. The minimum atomic E-state index is -0.532. The Kier molecular flexibility index (Phi) is 5.21. The van der Waals surface area contributed by atoms with Gasteiger partial charge in [0.15, 0.2) is 0 Å². The van der Waals surface area contributed by atoms with Gasteiger partial charge in [0.2, 0.25) is 0 Å². The van der Waals surface area contributed by atoms with Gasteiger partial charge in [0.05, 0.1) is 37.1 Å². The Labute approximate surface area is 343 Å². The molecule has 0 aliphatic heterocycles. The Hall–Kier alpha value is -6.59. The predicted molar refractivity (Wildman–Crippen MR) is 239 cm³/mol. The molecular weight excluding hydrogens is 705 g/mol. The summed E-state index contributed by atoms with van der Waals surface area (Å²) in [5, 5.41) is 3.58. The van der Waals surface area contributed by atoms with Crippen LogP contribution in [-0.2, 0) is 0 Å². The average Bonchev–Trinajstić information content (AvgIpc) is 3.94. The zero-order valence-corrected chi connectivity index (χ0v) is 30.4. The van der Waals surface area contributed by atoms with Gasteiger partial charge < -0.3 is 4.90 Å². The summed E-state index contributed by atoms with van der Waals surface area (Å²) in [4.78, 5) is 6.57. The van der Waals surface area contributed by atoms with Gasteiger partial charge in [0, 0.05) is 37.8 Å². The second kappa shape index (κ2) is 13.1. The molecule has 55 heavy (non-hydrogen) atoms. The second-order valence-corrected chi connectivity index (χ2v) is 15.1. The van der Waals surface area contributed by atoms with Gasteiger partial charge in [0.1, 0.15) is 5.01 Å². The number of fused-ring (bicyclic) bond motifs is 6. The van der Waals surface area contributed by atoms with E-state index in [1.165, 1.54) is 22.7 Å². The highest BCUT2D eigenvalue weighted by Crippen LogP contribution is 2.49. The molecule has 0 radical (unpaired) electrons. The molecule has 0 unspecified atom stereocenters. The normalized spacial score (nSPS) is 14.7. The Balaban J connectivity index is 1.14. The lowest BCUT2D eigenvalue weighted by Crippen LogP contribution is -2.10. The third kappa shape index (κ3) is 5.58. The van der Waals surface area contributed by atoms with E-state index >= 15 is 0 Å². The van der Waals surface area contributed by atoms with Gasteiger partial charge in [-0.05, 0) is 86.9 Å². The van der Waals surface area contributed by atoms with Crippen LogP contribution in [0.5, 0.6) is 0 Å². The van der Waals surface area contributed by atoms with Crippen molar-refractivity contribution >= 4 is 91.7 Å². The maximum absolute atomic E-state index is 9.75. The second-order valence-electron chi connectivity index (χ2n) is 13.1. The minimum absolute atomic E-state index is 0.00494. The molecular formula is C51H32N2S2. The number of anilines is 3. The summed E-state index contributed by atoms with van der Waals surface area (Å²) < 4.78 is 107. The number of hydrogen-bond donors (Lipinski definition) is 0. The van der Waals surface area contributed by atoms with Crippen LogP contribution >= 0.6 is 22.7 Å². The summed E-state index contributed by atoms with van der Waals surface area (Å²) in [5.74, 6) is 0. The Morgan fingerprint density at radius 2 is 1.18 bits per heavy atom. The van der Waals surface area contributed by atoms with Crippen molar-refractivity contribution < 1.29 is 16.4 Å². The highest BCUT2D eigenvalue weighted by molar-refractivity contribution is 7.26. The van der Waals surface area contributed by atoms with Gasteiger partial charge in [-0.25, -0.2) is 4.98 Å². The van der Waals surface area contributed by atoms with Crippen molar-refractivity contribution in [2.45, 2.75) is 0 Å². The standard InChI is InChI=1S/C51H32N2S2/c1-3-11-33(12-4-1)35-19-24-41(25-20-35)53(42-26-21-34-13-7-8-16-37(34)29-42)49-43-18-10-9-17-40(43)30-45-44-27-22-39(32-48(44)54-50(45)49)38-23-28-47-46(31-38)52-51(55-47)36-14-5-2-6-15-36/h1-32H/i2D,5D,6D,7D,8D,13D,14D,15D,16D,21D,26D,29D. The van der Waals surface area contributed by atoms with Crippen LogP contribution in [0.1, 0.15) is 16.4 Å². The quantitative estimate of drug-likeness (QED) is 0.168. The summed E-state index contributed by atoms with van der Waals surface area (Å²) in [7, 11) is 0. The molecule has 0 atom stereocenters. The fourth-order valence-electron chi connectivity index (χ4n) is 7.21. The molecule has 0 spiro atoms. The van der Waals surface area contributed by atoms with Crippen molar-refractivity contribution in [1.82, 2.24) is 4.98 Å². The van der Waals surface area contributed by atoms with Crippen LogP contribution in [0.2, 0.25) is 0 Å². The Morgan fingerprint density at radius 1 is 0.455 bits per heavy atom. The maximum Gasteiger partial charge on any atom is 0.124 e. The maximum atomic E-state index is 9.75. The molecule has 2 heterocycles. The lowest BCUT2D eigenvalue weighted by Gasteiger charge is -2.28. The fraction of sp³-hybridized carbons (Fsp3) is 0. The van der Waals surface area contributed by atoms with Crippen molar-refractivity contribution in [2.75, 3.05) is 4.90 Å². The third-order valence-corrected chi connectivity index (χ3v) is 12.0. The van der Waals surface area contributed by atoms with Crippen LogP contribution in [0, 0.1) is 0 Å². The van der Waals surface area contributed by atoms with E-state index in [4.69, 9.17) is 17.3 Å². The molecule has 0 amide bonds. The Bertz CT molecular complexity index is 3880. The number of hydrogen-bond acceptors (Lipinski definition) is 4. The van der Waals surface area contributed by atoms with E-state index in [0.29, 0.717) is 21.9 Å². The molecule has 258 valence electrons. The first kappa shape index (κ1) is 21.9. The van der Waals surface area contributed by atoms with E-state index in [2.05, 4.69) is 18.2 Å². The monoisotopic (exact) mass is 748 g/mol. The van der Waals surface area contributed by atoms with E-state index in [9.17, 15) is 4.11 Å². The molecule has 2 aromatic heterocycles. The molecule has 0 N–H and O–H groups in total. The third-order valence-electron chi connectivity index (χ3n) is 9.81. The number of benzene rings is 9. The SMILES string of the molecule is [2H]c1c([2H])c([2H])c(-c2nc3cc(-c4ccc5c(c4)sc4c(N(c6ccc(-c7ccccc7)cc6)c6c([2H])c([2H])c7c([2H])c([2H])c([2H])c([2H])c7c6[2H])c6ccccc6cc45)ccc3s2)c([2H])c1[2H]. The van der Waals surface area contributed by atoms with Crippen molar-refractivity contribution in [1.29, 1.82) is 0 Å². The van der Waals surface area contributed by atoms with Crippen LogP contribution in [0.3, 0.4) is 0 Å². The lowest BCUT2D eigenvalue weighted by molar-refractivity contribution is 1.32. The van der Waals surface area contributed by atoms with Gasteiger partial charge >= 0.3 is 0 Å². The van der Waals surface area contributed by atoms with Crippen LogP contribution in [0.4, 0.5) is 17.1 Å². The van der Waals surface area contributed by atoms with Gasteiger partial charge in [-0.15, -0.1) is 22.7 Å². The smallest absolute Gasteiger partial charge is 0.124 e. The molecule has 9 aromatic carbocycles. The topological polar surface area (TPSA) is 16.1 Å². The summed E-state index contributed by atoms with van der Waals surface area (Å²) in [6.07, 6.45) is 0. The van der Waals surface area contributed by atoms with E-state index in [1.807, 2.05) is 108 Å². The van der Waals surface area contributed by atoms with E-state index < -0.39 is 48.3 Å². The summed E-state index contributed by atoms with van der Waals surface area (Å²) in [6, 6.07) is 34.7. The summed E-state index contributed by atoms with van der Waals surface area (Å²) in [5.41, 5.74) is 5.60. The molecule has 4 heteroatoms. The molecule has 0 bridgehead atoms. The van der Waals surface area contributed by atoms with E-state index in [1.54, 1.807) is 0 Å². The predicted octanol–water partition coefficient (Wildman–Crippen LogP) is 15.4. The molecule has 0 saturated heterocycles. The fourth-order valence-corrected chi connectivity index (χ4v) is 9.38. The molecule has 0 aliphatic carbocycles. The van der Waals surface area contributed by atoms with Gasteiger partial charge in [0.25, 0.3) is 0 Å². The number of nitrogens with zero attached hydrogens (tertiary/aromatic N) is 2. The molecule has 2 nitrogen and oxygen atoms in total. The number of rotatable bonds is 6. The first-order chi connectivity index (χ1) is 32.2. The summed E-state index contributed by atoms with van der Waals surface area (Å²) in [6.45, 7) is 0. The number of aromatic nitrogens is 1. The number of thiophene rings is 1. The zero-order valence-electron chi connectivity index (χ0n) is 40.8. The highest BCUT2D eigenvalue weighted by Gasteiger charge is 2.22. The molecule has 11 aromatic rings. The Morgan fingerprint density at radius 3 is 2.05 bits per heavy atom.